The molecule has 0 aliphatic heterocycles. The Morgan fingerprint density at radius 1 is 1.53 bits per heavy atom. The zero-order chi connectivity index (χ0) is 11.3. The number of carboxylic acids is 1. The van der Waals surface area contributed by atoms with Crippen LogP contribution in [0.2, 0.25) is 0 Å². The van der Waals surface area contributed by atoms with Crippen LogP contribution in [-0.2, 0) is 4.79 Å². The van der Waals surface area contributed by atoms with E-state index in [1.165, 1.54) is 18.5 Å². The minimum atomic E-state index is -1.07. The zero-order valence-corrected chi connectivity index (χ0v) is 8.40. The molecule has 0 amide bonds. The fourth-order valence-corrected chi connectivity index (χ4v) is 1.17. The van der Waals surface area contributed by atoms with Crippen LogP contribution in [0, 0.1) is 5.41 Å². The van der Waals surface area contributed by atoms with E-state index in [1.807, 2.05) is 6.92 Å². The van der Waals surface area contributed by atoms with Gasteiger partial charge in [0, 0.05) is 18.0 Å². The van der Waals surface area contributed by atoms with Gasteiger partial charge in [-0.3, -0.25) is 10.4 Å². The molecule has 2 N–H and O–H groups in total. The van der Waals surface area contributed by atoms with Gasteiger partial charge in [-0.1, -0.05) is 13.0 Å². The van der Waals surface area contributed by atoms with Crippen molar-refractivity contribution in [2.75, 3.05) is 0 Å². The Labute approximate surface area is 87.8 Å². The minimum absolute atomic E-state index is 0.0201. The second-order valence-corrected chi connectivity index (χ2v) is 2.94. The zero-order valence-electron chi connectivity index (χ0n) is 8.40. The van der Waals surface area contributed by atoms with Crippen LogP contribution in [0.4, 0.5) is 0 Å². The number of pyridine rings is 1. The van der Waals surface area contributed by atoms with Gasteiger partial charge < -0.3 is 5.11 Å². The van der Waals surface area contributed by atoms with Crippen molar-refractivity contribution in [3.8, 4) is 0 Å². The maximum Gasteiger partial charge on any atom is 0.337 e. The van der Waals surface area contributed by atoms with E-state index >= 15 is 0 Å². The molecule has 1 aromatic rings. The third-order valence-corrected chi connectivity index (χ3v) is 1.88. The summed E-state index contributed by atoms with van der Waals surface area (Å²) in [7, 11) is 0. The highest BCUT2D eigenvalue weighted by atomic mass is 16.4. The van der Waals surface area contributed by atoms with Gasteiger partial charge in [0.05, 0.1) is 11.3 Å². The fraction of sp³-hybridized carbons (Fsp3) is 0.182. The Morgan fingerprint density at radius 2 is 2.13 bits per heavy atom. The van der Waals surface area contributed by atoms with E-state index in [1.54, 1.807) is 12.1 Å². The van der Waals surface area contributed by atoms with Crippen molar-refractivity contribution in [2.45, 2.75) is 13.3 Å². The molecule has 4 heteroatoms. The monoisotopic (exact) mass is 204 g/mol. The summed E-state index contributed by atoms with van der Waals surface area (Å²) in [5.74, 6) is -1.07. The summed E-state index contributed by atoms with van der Waals surface area (Å²) < 4.78 is 0. The van der Waals surface area contributed by atoms with Gasteiger partial charge in [-0.2, -0.15) is 0 Å². The van der Waals surface area contributed by atoms with E-state index in [0.29, 0.717) is 12.0 Å². The van der Waals surface area contributed by atoms with Crippen LogP contribution >= 0.6 is 0 Å². The average molecular weight is 204 g/mol. The predicted octanol–water partition coefficient (Wildman–Crippen LogP) is 1.87. The molecule has 0 aromatic carbocycles. The van der Waals surface area contributed by atoms with Crippen LogP contribution in [0.1, 0.15) is 18.9 Å². The van der Waals surface area contributed by atoms with Crippen LogP contribution in [0.3, 0.4) is 0 Å². The second-order valence-electron chi connectivity index (χ2n) is 2.94. The van der Waals surface area contributed by atoms with Crippen LogP contribution in [0.15, 0.2) is 36.2 Å². The summed E-state index contributed by atoms with van der Waals surface area (Å²) in [5.41, 5.74) is 0.613. The molecule has 0 fully saturated rings. The highest BCUT2D eigenvalue weighted by Crippen LogP contribution is 2.08. The lowest BCUT2D eigenvalue weighted by atomic mass is 10.0. The Kier molecular flexibility index (Phi) is 3.74. The minimum Gasteiger partial charge on any atom is -0.478 e. The Balaban J connectivity index is 3.02. The van der Waals surface area contributed by atoms with E-state index < -0.39 is 5.97 Å². The van der Waals surface area contributed by atoms with Gasteiger partial charge in [0.25, 0.3) is 0 Å². The van der Waals surface area contributed by atoms with Crippen molar-refractivity contribution >= 4 is 11.7 Å². The van der Waals surface area contributed by atoms with Crippen LogP contribution < -0.4 is 0 Å². The lowest BCUT2D eigenvalue weighted by Gasteiger charge is -2.04. The van der Waals surface area contributed by atoms with E-state index in [9.17, 15) is 4.79 Å². The van der Waals surface area contributed by atoms with E-state index in [2.05, 4.69) is 4.98 Å². The molecule has 15 heavy (non-hydrogen) atoms. The second kappa shape index (κ2) is 5.05. The third-order valence-electron chi connectivity index (χ3n) is 1.88. The van der Waals surface area contributed by atoms with E-state index in [0.717, 1.165) is 0 Å². The predicted molar refractivity (Wildman–Crippen MR) is 57.1 cm³/mol. The Morgan fingerprint density at radius 3 is 2.60 bits per heavy atom. The standard InChI is InChI=1S/C11H12N2O2/c1-2-3-9(11(14)15)10(12)8-4-6-13-7-5-8/h3-7,12H,2H2,1H3,(H,14,15)/b9-3+,12-10?. The lowest BCUT2D eigenvalue weighted by Crippen LogP contribution is -2.12. The van der Waals surface area contributed by atoms with Crippen molar-refractivity contribution in [2.24, 2.45) is 0 Å². The molecule has 0 saturated heterocycles. The maximum absolute atomic E-state index is 10.9. The van der Waals surface area contributed by atoms with Crippen molar-refractivity contribution in [3.05, 3.63) is 41.7 Å². The number of carboxylic acid groups (broad SMARTS) is 1. The number of nitrogens with zero attached hydrogens (tertiary/aromatic N) is 1. The average Bonchev–Trinajstić information content (AvgIpc) is 2.26. The number of aromatic nitrogens is 1. The molecular weight excluding hydrogens is 192 g/mol. The quantitative estimate of drug-likeness (QED) is 0.580. The number of hydrogen-bond acceptors (Lipinski definition) is 3. The molecule has 0 radical (unpaired) electrons. The molecule has 0 bridgehead atoms. The Hall–Kier alpha value is -1.97. The number of carbonyl (C=O) groups is 1. The molecular formula is C11H12N2O2. The molecule has 0 aliphatic rings. The van der Waals surface area contributed by atoms with E-state index in [4.69, 9.17) is 10.5 Å². The van der Waals surface area contributed by atoms with Gasteiger partial charge in [-0.25, -0.2) is 4.79 Å². The SMILES string of the molecule is CC/C=C(\C(=N)c1ccncc1)C(=O)O. The normalized spacial score (nSPS) is 11.1. The molecule has 1 rings (SSSR count). The maximum atomic E-state index is 10.9. The van der Waals surface area contributed by atoms with Gasteiger partial charge in [0.15, 0.2) is 0 Å². The van der Waals surface area contributed by atoms with E-state index in [-0.39, 0.29) is 11.3 Å². The first-order valence-corrected chi connectivity index (χ1v) is 4.59. The highest BCUT2D eigenvalue weighted by molar-refractivity contribution is 6.24. The first kappa shape index (κ1) is 11.1. The number of rotatable bonds is 4. The van der Waals surface area contributed by atoms with Crippen molar-refractivity contribution in [1.29, 1.82) is 5.41 Å². The van der Waals surface area contributed by atoms with Crippen LogP contribution in [0.25, 0.3) is 0 Å². The summed E-state index contributed by atoms with van der Waals surface area (Å²) in [5, 5.41) is 16.7. The number of nitrogens with one attached hydrogen (secondary N) is 1. The summed E-state index contributed by atoms with van der Waals surface area (Å²) >= 11 is 0. The summed E-state index contributed by atoms with van der Waals surface area (Å²) in [6, 6.07) is 3.24. The summed E-state index contributed by atoms with van der Waals surface area (Å²) in [6.45, 7) is 1.84. The lowest BCUT2D eigenvalue weighted by molar-refractivity contribution is -0.132. The number of hydrogen-bond donors (Lipinski definition) is 2. The number of allylic oxidation sites excluding steroid dienone is 1. The molecule has 4 nitrogen and oxygen atoms in total. The smallest absolute Gasteiger partial charge is 0.337 e. The van der Waals surface area contributed by atoms with Gasteiger partial charge in [-0.15, -0.1) is 0 Å². The number of aliphatic carboxylic acids is 1. The molecule has 78 valence electrons. The Bertz CT molecular complexity index is 396. The first-order valence-electron chi connectivity index (χ1n) is 4.59. The molecule has 0 aliphatic carbocycles. The highest BCUT2D eigenvalue weighted by Gasteiger charge is 2.14. The molecule has 0 atom stereocenters. The molecule has 0 unspecified atom stereocenters. The van der Waals surface area contributed by atoms with Crippen LogP contribution in [-0.4, -0.2) is 21.8 Å². The van der Waals surface area contributed by atoms with Crippen molar-refractivity contribution < 1.29 is 9.90 Å². The van der Waals surface area contributed by atoms with Crippen LogP contribution in [0.5, 0.6) is 0 Å². The van der Waals surface area contributed by atoms with Gasteiger partial charge in [0.1, 0.15) is 0 Å². The molecule has 1 aromatic heterocycles. The topological polar surface area (TPSA) is 74.0 Å². The fourth-order valence-electron chi connectivity index (χ4n) is 1.17. The van der Waals surface area contributed by atoms with Gasteiger partial charge >= 0.3 is 5.97 Å². The van der Waals surface area contributed by atoms with Crippen molar-refractivity contribution in [1.82, 2.24) is 4.98 Å². The largest absolute Gasteiger partial charge is 0.478 e. The molecule has 1 heterocycles. The van der Waals surface area contributed by atoms with Crippen molar-refractivity contribution in [3.63, 3.8) is 0 Å². The summed E-state index contributed by atoms with van der Waals surface area (Å²) in [6.07, 6.45) is 5.20. The first-order chi connectivity index (χ1) is 7.16. The molecule has 0 saturated carbocycles. The van der Waals surface area contributed by atoms with Gasteiger partial charge in [-0.05, 0) is 18.6 Å². The summed E-state index contributed by atoms with van der Waals surface area (Å²) in [4.78, 5) is 14.7. The third kappa shape index (κ3) is 2.74. The molecule has 0 spiro atoms. The van der Waals surface area contributed by atoms with Gasteiger partial charge in [0.2, 0.25) is 0 Å².